The number of sulfonamides is 1. The lowest BCUT2D eigenvalue weighted by atomic mass is 10.0. The molecule has 138 valence electrons. The van der Waals surface area contributed by atoms with Crippen molar-refractivity contribution in [2.45, 2.75) is 17.4 Å². The van der Waals surface area contributed by atoms with Gasteiger partial charge in [-0.05, 0) is 30.3 Å². The van der Waals surface area contributed by atoms with Gasteiger partial charge < -0.3 is 10.0 Å². The molecule has 0 aromatic heterocycles. The van der Waals surface area contributed by atoms with E-state index in [0.29, 0.717) is 6.07 Å². The molecule has 0 saturated heterocycles. The van der Waals surface area contributed by atoms with Crippen molar-refractivity contribution in [1.82, 2.24) is 0 Å². The van der Waals surface area contributed by atoms with E-state index in [2.05, 4.69) is 0 Å². The van der Waals surface area contributed by atoms with E-state index < -0.39 is 45.0 Å². The summed E-state index contributed by atoms with van der Waals surface area (Å²) in [6, 6.07) is 6.43. The van der Waals surface area contributed by atoms with Gasteiger partial charge in [-0.2, -0.15) is 0 Å². The molecule has 0 fully saturated rings. The van der Waals surface area contributed by atoms with Crippen molar-refractivity contribution < 1.29 is 27.1 Å². The fourth-order valence-corrected chi connectivity index (χ4v) is 4.98. The van der Waals surface area contributed by atoms with Crippen LogP contribution in [0, 0.1) is 11.6 Å². The molecule has 0 bridgehead atoms. The monoisotopic (exact) mass is 382 g/mol. The average molecular weight is 382 g/mol. The molecule has 0 amide bonds. The van der Waals surface area contributed by atoms with Crippen LogP contribution >= 0.6 is 0 Å². The minimum atomic E-state index is -4.36. The van der Waals surface area contributed by atoms with Crippen molar-refractivity contribution in [2.75, 3.05) is 23.3 Å². The Morgan fingerprint density at radius 1 is 1.19 bits per heavy atom. The number of anilines is 2. The second kappa shape index (κ2) is 6.24. The van der Waals surface area contributed by atoms with Gasteiger partial charge in [0.1, 0.15) is 16.5 Å². The molecule has 0 radical (unpaired) electrons. The second-order valence-electron chi connectivity index (χ2n) is 6.13. The number of benzene rings is 2. The summed E-state index contributed by atoms with van der Waals surface area (Å²) in [4.78, 5) is 12.4. The van der Waals surface area contributed by atoms with Crippen molar-refractivity contribution in [3.63, 3.8) is 0 Å². The Balaban J connectivity index is 2.20. The Kier molecular flexibility index (Phi) is 4.35. The van der Waals surface area contributed by atoms with E-state index >= 15 is 0 Å². The molecule has 2 aromatic carbocycles. The third-order valence-electron chi connectivity index (χ3n) is 4.18. The highest BCUT2D eigenvalue weighted by Gasteiger charge is 2.46. The highest BCUT2D eigenvalue weighted by atomic mass is 32.2. The first kappa shape index (κ1) is 18.1. The normalized spacial score (nSPS) is 17.8. The van der Waals surface area contributed by atoms with Gasteiger partial charge in [0, 0.05) is 31.4 Å². The molecule has 0 aliphatic carbocycles. The van der Waals surface area contributed by atoms with Gasteiger partial charge in [-0.25, -0.2) is 17.2 Å². The Hall–Kier alpha value is -2.68. The topological polar surface area (TPSA) is 77.9 Å². The highest BCUT2D eigenvalue weighted by molar-refractivity contribution is 7.93. The first-order chi connectivity index (χ1) is 12.1. The minimum Gasteiger partial charge on any atom is -0.481 e. The molecule has 6 nitrogen and oxygen atoms in total. The molecule has 1 aliphatic heterocycles. The summed E-state index contributed by atoms with van der Waals surface area (Å²) < 4.78 is 54.5. The van der Waals surface area contributed by atoms with Crippen molar-refractivity contribution in [1.29, 1.82) is 0 Å². The number of halogens is 2. The highest BCUT2D eigenvalue weighted by Crippen LogP contribution is 2.45. The summed E-state index contributed by atoms with van der Waals surface area (Å²) in [5, 5.41) is 9.17. The number of fused-ring (bicyclic) bond motifs is 1. The van der Waals surface area contributed by atoms with Crippen LogP contribution in [-0.2, 0) is 14.8 Å². The summed E-state index contributed by atoms with van der Waals surface area (Å²) >= 11 is 0. The van der Waals surface area contributed by atoms with Gasteiger partial charge in [-0.3, -0.25) is 9.10 Å². The molecule has 3 rings (SSSR count). The Labute approximate surface area is 149 Å². The Morgan fingerprint density at radius 3 is 2.35 bits per heavy atom. The van der Waals surface area contributed by atoms with Gasteiger partial charge >= 0.3 is 5.97 Å². The van der Waals surface area contributed by atoms with Crippen molar-refractivity contribution in [3.05, 3.63) is 53.6 Å². The number of aliphatic carboxylic acids is 1. The van der Waals surface area contributed by atoms with Crippen LogP contribution in [-0.4, -0.2) is 33.6 Å². The molecule has 9 heteroatoms. The van der Waals surface area contributed by atoms with E-state index in [1.54, 1.807) is 17.0 Å². The van der Waals surface area contributed by atoms with Gasteiger partial charge in [0.15, 0.2) is 0 Å². The van der Waals surface area contributed by atoms with E-state index in [-0.39, 0.29) is 11.3 Å². The van der Waals surface area contributed by atoms with Gasteiger partial charge in [0.05, 0.1) is 18.2 Å². The predicted molar refractivity (Wildman–Crippen MR) is 91.8 cm³/mol. The molecule has 0 unspecified atom stereocenters. The zero-order valence-corrected chi connectivity index (χ0v) is 14.8. The largest absolute Gasteiger partial charge is 0.481 e. The minimum absolute atomic E-state index is 0.179. The van der Waals surface area contributed by atoms with Crippen LogP contribution in [0.5, 0.6) is 0 Å². The van der Waals surface area contributed by atoms with Gasteiger partial charge in [-0.15, -0.1) is 0 Å². The van der Waals surface area contributed by atoms with E-state index in [0.717, 1.165) is 16.1 Å². The number of carbonyl (C=O) groups is 1. The number of hydrogen-bond donors (Lipinski definition) is 1. The summed E-state index contributed by atoms with van der Waals surface area (Å²) in [7, 11) is -0.743. The summed E-state index contributed by atoms with van der Waals surface area (Å²) in [6.07, 6.45) is -0.620. The molecule has 1 atom stereocenters. The first-order valence-corrected chi connectivity index (χ1v) is 9.09. The lowest BCUT2D eigenvalue weighted by Crippen LogP contribution is -2.29. The number of rotatable bonds is 4. The second-order valence-corrected chi connectivity index (χ2v) is 7.88. The van der Waals surface area contributed by atoms with Crippen LogP contribution in [0.3, 0.4) is 0 Å². The van der Waals surface area contributed by atoms with Crippen LogP contribution in [0.1, 0.15) is 18.0 Å². The third-order valence-corrected chi connectivity index (χ3v) is 6.11. The maximum absolute atomic E-state index is 14.2. The first-order valence-electron chi connectivity index (χ1n) is 7.65. The average Bonchev–Trinajstić information content (AvgIpc) is 2.74. The van der Waals surface area contributed by atoms with Crippen LogP contribution in [0.25, 0.3) is 0 Å². The molecular weight excluding hydrogens is 366 g/mol. The molecular formula is C17H16F2N2O4S. The Bertz CT molecular complexity index is 975. The standard InChI is InChI=1S/C17H16F2N2O4S/c1-20(2)11-3-5-12(6-4-11)21-15(9-16(22)23)13-7-10(18)8-14(19)17(13)26(21,24)25/h3-8,15H,9H2,1-2H3,(H,22,23)/t15-/m0/s1. The van der Waals surface area contributed by atoms with Crippen LogP contribution in [0.15, 0.2) is 41.3 Å². The van der Waals surface area contributed by atoms with E-state index in [4.69, 9.17) is 0 Å². The molecule has 2 aromatic rings. The van der Waals surface area contributed by atoms with Crippen LogP contribution < -0.4 is 9.21 Å². The number of nitrogens with zero attached hydrogens (tertiary/aromatic N) is 2. The maximum Gasteiger partial charge on any atom is 0.305 e. The molecule has 0 spiro atoms. The van der Waals surface area contributed by atoms with Gasteiger partial charge in [-0.1, -0.05) is 0 Å². The zero-order chi connectivity index (χ0) is 19.2. The number of carboxylic acids is 1. The summed E-state index contributed by atoms with van der Waals surface area (Å²) in [5.74, 6) is -3.47. The summed E-state index contributed by atoms with van der Waals surface area (Å²) in [6.45, 7) is 0. The lowest BCUT2D eigenvalue weighted by molar-refractivity contribution is -0.137. The van der Waals surface area contributed by atoms with Crippen LogP contribution in [0.2, 0.25) is 0 Å². The van der Waals surface area contributed by atoms with Crippen molar-refractivity contribution in [3.8, 4) is 0 Å². The fourth-order valence-electron chi connectivity index (χ4n) is 3.07. The van der Waals surface area contributed by atoms with Crippen LogP contribution in [0.4, 0.5) is 20.2 Å². The maximum atomic E-state index is 14.2. The molecule has 0 saturated carbocycles. The number of carboxylic acid groups (broad SMARTS) is 1. The van der Waals surface area contributed by atoms with Crippen molar-refractivity contribution >= 4 is 27.4 Å². The predicted octanol–water partition coefficient (Wildman–Crippen LogP) is 2.76. The van der Waals surface area contributed by atoms with Crippen molar-refractivity contribution in [2.24, 2.45) is 0 Å². The Morgan fingerprint density at radius 2 is 1.81 bits per heavy atom. The SMILES string of the molecule is CN(C)c1ccc(N2[C@@H](CC(=O)O)c3cc(F)cc(F)c3S2(=O)=O)cc1. The smallest absolute Gasteiger partial charge is 0.305 e. The number of hydrogen-bond acceptors (Lipinski definition) is 4. The molecule has 1 aliphatic rings. The third kappa shape index (κ3) is 2.88. The summed E-state index contributed by atoms with van der Waals surface area (Å²) in [5.41, 5.74) is 0.786. The lowest BCUT2D eigenvalue weighted by Gasteiger charge is -2.25. The molecule has 1 heterocycles. The zero-order valence-electron chi connectivity index (χ0n) is 14.0. The molecule has 1 N–H and O–H groups in total. The van der Waals surface area contributed by atoms with E-state index in [1.165, 1.54) is 12.1 Å². The molecule has 26 heavy (non-hydrogen) atoms. The fraction of sp³-hybridized carbons (Fsp3) is 0.235. The van der Waals surface area contributed by atoms with Gasteiger partial charge in [0.25, 0.3) is 10.0 Å². The van der Waals surface area contributed by atoms with E-state index in [9.17, 15) is 27.1 Å². The van der Waals surface area contributed by atoms with Gasteiger partial charge in [0.2, 0.25) is 0 Å². The van der Waals surface area contributed by atoms with E-state index in [1.807, 2.05) is 14.1 Å². The quantitative estimate of drug-likeness (QED) is 0.880.